The zero-order valence-corrected chi connectivity index (χ0v) is 25.5. The Labute approximate surface area is 228 Å². The van der Waals surface area contributed by atoms with Crippen molar-refractivity contribution in [2.24, 2.45) is 5.92 Å². The van der Waals surface area contributed by atoms with Crippen LogP contribution in [0.4, 0.5) is 0 Å². The molecule has 0 bridgehead atoms. The number of hydrogen-bond acceptors (Lipinski definition) is 6. The van der Waals surface area contributed by atoms with Crippen LogP contribution < -0.4 is 0 Å². The molecular weight excluding hydrogens is 495 g/mol. The Hall–Kier alpha value is -0.0700. The van der Waals surface area contributed by atoms with E-state index < -0.39 is 32.7 Å². The van der Waals surface area contributed by atoms with E-state index >= 15 is 0 Å². The van der Waals surface area contributed by atoms with Crippen molar-refractivity contribution in [3.8, 4) is 0 Å². The molecule has 6 nitrogen and oxygen atoms in total. The zero-order chi connectivity index (χ0) is 27.1. The fourth-order valence-electron chi connectivity index (χ4n) is 4.47. The minimum Gasteiger partial charge on any atom is -0.479 e. The summed E-state index contributed by atoms with van der Waals surface area (Å²) in [6, 6.07) is 0. The molecule has 0 radical (unpaired) electrons. The molecule has 0 saturated heterocycles. The molecule has 0 rings (SSSR count). The number of hydrogen-bond donors (Lipinski definition) is 3. The Morgan fingerprint density at radius 3 is 1.67 bits per heavy atom. The summed E-state index contributed by atoms with van der Waals surface area (Å²) in [6.45, 7) is 5.81. The summed E-state index contributed by atoms with van der Waals surface area (Å²) in [7, 11) is -1.93. The number of rotatable bonds is 27. The van der Waals surface area contributed by atoms with Gasteiger partial charge >= 0.3 is 5.97 Å². The fourth-order valence-corrected chi connectivity index (χ4v) is 5.17. The molecule has 0 aliphatic heterocycles. The maximum atomic E-state index is 11.2. The van der Waals surface area contributed by atoms with Gasteiger partial charge in [-0.15, -0.1) is 12.6 Å². The Balaban J connectivity index is 4.57. The van der Waals surface area contributed by atoms with Crippen molar-refractivity contribution < 1.29 is 29.0 Å². The number of thiol groups is 1. The van der Waals surface area contributed by atoms with Crippen LogP contribution >= 0.6 is 21.1 Å². The average molecular weight is 553 g/mol. The smallest absolute Gasteiger partial charge is 0.345 e. The Bertz CT molecular complexity index is 538. The lowest BCUT2D eigenvalue weighted by molar-refractivity contribution is -0.183. The van der Waals surface area contributed by atoms with Crippen LogP contribution in [0.2, 0.25) is 0 Å². The molecule has 0 saturated carbocycles. The third-order valence-corrected chi connectivity index (χ3v) is 8.05. The maximum absolute atomic E-state index is 11.2. The van der Waals surface area contributed by atoms with Crippen molar-refractivity contribution in [1.29, 1.82) is 0 Å². The van der Waals surface area contributed by atoms with E-state index in [1.165, 1.54) is 109 Å². The summed E-state index contributed by atoms with van der Waals surface area (Å²) in [4.78, 5) is 11.2. The van der Waals surface area contributed by atoms with Gasteiger partial charge in [-0.3, -0.25) is 0 Å². The molecule has 0 aromatic heterocycles. The van der Waals surface area contributed by atoms with Crippen LogP contribution in [-0.2, 0) is 18.8 Å². The number of carbonyl (C=O) groups is 1. The zero-order valence-electron chi connectivity index (χ0n) is 23.4. The van der Waals surface area contributed by atoms with Crippen LogP contribution in [0.15, 0.2) is 0 Å². The number of aliphatic hydroxyl groups is 1. The van der Waals surface area contributed by atoms with Crippen LogP contribution in [0.3, 0.4) is 0 Å². The van der Waals surface area contributed by atoms with Crippen molar-refractivity contribution in [3.63, 3.8) is 0 Å². The molecule has 0 amide bonds. The van der Waals surface area contributed by atoms with Gasteiger partial charge in [-0.2, -0.15) is 0 Å². The number of carboxylic acids is 1. The molecule has 0 aromatic rings. The van der Waals surface area contributed by atoms with E-state index in [0.29, 0.717) is 12.3 Å². The van der Waals surface area contributed by atoms with Crippen molar-refractivity contribution >= 4 is 27.1 Å². The minimum atomic E-state index is -2.35. The molecule has 0 aliphatic carbocycles. The van der Waals surface area contributed by atoms with Gasteiger partial charge in [-0.1, -0.05) is 130 Å². The minimum absolute atomic E-state index is 0.323. The molecule has 0 heterocycles. The first-order valence-corrected chi connectivity index (χ1v) is 16.3. The molecular formula is C28H57O6PS. The summed E-state index contributed by atoms with van der Waals surface area (Å²) < 4.78 is 22.6. The summed E-state index contributed by atoms with van der Waals surface area (Å²) in [5.74, 6) is -0.993. The number of unbranched alkanes of at least 4 members (excludes halogenated alkanes) is 13. The lowest BCUT2D eigenvalue weighted by Crippen LogP contribution is -2.39. The van der Waals surface area contributed by atoms with E-state index in [1.54, 1.807) is 0 Å². The monoisotopic (exact) mass is 552 g/mol. The molecule has 5 unspecified atom stereocenters. The molecule has 5 atom stereocenters. The van der Waals surface area contributed by atoms with Gasteiger partial charge in [-0.25, -0.2) is 4.79 Å². The molecule has 0 aliphatic rings. The highest BCUT2D eigenvalue weighted by molar-refractivity contribution is 7.80. The Kier molecular flexibility index (Phi) is 24.0. The van der Waals surface area contributed by atoms with Crippen LogP contribution in [0.25, 0.3) is 0 Å². The first-order valence-electron chi connectivity index (χ1n) is 14.7. The fraction of sp³-hybridized carbons (Fsp3) is 0.964. The molecule has 8 heteroatoms. The van der Waals surface area contributed by atoms with Gasteiger partial charge in [-0.05, 0) is 18.8 Å². The average Bonchev–Trinajstić information content (AvgIpc) is 2.86. The molecule has 0 aromatic carbocycles. The normalized spacial score (nSPS) is 16.2. The van der Waals surface area contributed by atoms with E-state index in [-0.39, 0.29) is 5.44 Å². The standard InChI is InChI=1S/C28H57O6PS/c1-4-7-9-11-13-15-17-19-21-24(20-18-16-14-12-10-8-5-2)22-26(36)34-25(6-3)33-23-28(31,35-32)27(29)30/h24-26,31,36H,4-23,35H2,1-3H3,(H,29,30). The summed E-state index contributed by atoms with van der Waals surface area (Å²) in [6.07, 6.45) is 22.6. The second-order valence-electron chi connectivity index (χ2n) is 10.4. The van der Waals surface area contributed by atoms with Gasteiger partial charge in [0.15, 0.2) is 6.29 Å². The summed E-state index contributed by atoms with van der Waals surface area (Å²) in [5, 5.41) is 16.7. The van der Waals surface area contributed by atoms with E-state index in [2.05, 4.69) is 26.5 Å². The lowest BCUT2D eigenvalue weighted by atomic mass is 9.91. The van der Waals surface area contributed by atoms with Crippen molar-refractivity contribution in [2.45, 2.75) is 160 Å². The molecule has 0 spiro atoms. The highest BCUT2D eigenvalue weighted by Gasteiger charge is 2.36. The number of ether oxygens (including phenoxy) is 2. The highest BCUT2D eigenvalue weighted by Crippen LogP contribution is 2.27. The van der Waals surface area contributed by atoms with Gasteiger partial charge in [0.25, 0.3) is 0 Å². The summed E-state index contributed by atoms with van der Waals surface area (Å²) in [5.41, 5.74) is -0.323. The predicted octanol–water partition coefficient (Wildman–Crippen LogP) is 8.22. The molecule has 0 fully saturated rings. The topological polar surface area (TPSA) is 93.1 Å². The largest absolute Gasteiger partial charge is 0.479 e. The van der Waals surface area contributed by atoms with Gasteiger partial charge in [0.05, 0.1) is 6.61 Å². The molecule has 36 heavy (non-hydrogen) atoms. The number of aliphatic carboxylic acids is 1. The maximum Gasteiger partial charge on any atom is 0.345 e. The van der Waals surface area contributed by atoms with Gasteiger partial charge in [0.2, 0.25) is 5.34 Å². The molecule has 216 valence electrons. The van der Waals surface area contributed by atoms with Crippen LogP contribution in [0.1, 0.15) is 143 Å². The Morgan fingerprint density at radius 1 is 0.833 bits per heavy atom. The number of carboxylic acid groups (broad SMARTS) is 1. The van der Waals surface area contributed by atoms with Crippen LogP contribution in [0, 0.1) is 5.92 Å². The van der Waals surface area contributed by atoms with E-state index in [0.717, 1.165) is 6.42 Å². The van der Waals surface area contributed by atoms with Crippen molar-refractivity contribution in [3.05, 3.63) is 0 Å². The van der Waals surface area contributed by atoms with E-state index in [1.807, 2.05) is 6.92 Å². The highest BCUT2D eigenvalue weighted by atomic mass is 32.1. The van der Waals surface area contributed by atoms with Gasteiger partial charge in [0.1, 0.15) is 13.9 Å². The SMILES string of the molecule is CCCCCCCCCCC(CCCCCCCCC)CC(S)OC(CC)OCC(O)([PH2]=O)C(=O)O. The Morgan fingerprint density at radius 2 is 1.28 bits per heavy atom. The van der Waals surface area contributed by atoms with Crippen molar-refractivity contribution in [1.82, 2.24) is 0 Å². The van der Waals surface area contributed by atoms with Crippen molar-refractivity contribution in [2.75, 3.05) is 6.61 Å². The van der Waals surface area contributed by atoms with Crippen LogP contribution in [0.5, 0.6) is 0 Å². The van der Waals surface area contributed by atoms with E-state index in [9.17, 15) is 14.5 Å². The third kappa shape index (κ3) is 19.1. The first kappa shape index (κ1) is 35.9. The molecule has 2 N–H and O–H groups in total. The summed E-state index contributed by atoms with van der Waals surface area (Å²) >= 11 is 4.67. The third-order valence-electron chi connectivity index (χ3n) is 6.91. The first-order chi connectivity index (χ1) is 17.3. The second kappa shape index (κ2) is 24.0. The quantitative estimate of drug-likeness (QED) is 0.0411. The van der Waals surface area contributed by atoms with Crippen LogP contribution in [-0.4, -0.2) is 39.9 Å². The second-order valence-corrected chi connectivity index (χ2v) is 12.1. The predicted molar refractivity (Wildman–Crippen MR) is 155 cm³/mol. The van der Waals surface area contributed by atoms with Gasteiger partial charge in [0, 0.05) is 0 Å². The van der Waals surface area contributed by atoms with Gasteiger partial charge < -0.3 is 24.3 Å². The lowest BCUT2D eigenvalue weighted by Gasteiger charge is -2.27. The van der Waals surface area contributed by atoms with E-state index in [4.69, 9.17) is 14.6 Å².